The van der Waals surface area contributed by atoms with Crippen molar-refractivity contribution in [2.75, 3.05) is 0 Å². The van der Waals surface area contributed by atoms with E-state index < -0.39 is 0 Å². The first-order valence-electron chi connectivity index (χ1n) is 7.07. The van der Waals surface area contributed by atoms with E-state index in [9.17, 15) is 4.79 Å². The van der Waals surface area contributed by atoms with Gasteiger partial charge in [-0.15, -0.1) is 0 Å². The van der Waals surface area contributed by atoms with Gasteiger partial charge in [0.05, 0.1) is 6.54 Å². The zero-order chi connectivity index (χ0) is 15.1. The summed E-state index contributed by atoms with van der Waals surface area (Å²) in [6, 6.07) is 9.83. The van der Waals surface area contributed by atoms with Crippen LogP contribution in [0.5, 0.6) is 0 Å². The fourth-order valence-electron chi connectivity index (χ4n) is 1.74. The molecule has 0 aliphatic heterocycles. The van der Waals surface area contributed by atoms with Crippen molar-refractivity contribution in [3.8, 4) is 0 Å². The van der Waals surface area contributed by atoms with Gasteiger partial charge in [0.2, 0.25) is 5.89 Å². The van der Waals surface area contributed by atoms with Crippen molar-refractivity contribution in [2.24, 2.45) is 0 Å². The molecule has 0 spiro atoms. The monoisotopic (exact) mass is 288 g/mol. The Morgan fingerprint density at radius 2 is 2.10 bits per heavy atom. The van der Waals surface area contributed by atoms with Crippen LogP contribution in [0.25, 0.3) is 0 Å². The zero-order valence-electron chi connectivity index (χ0n) is 12.3. The Hall–Kier alpha value is -2.37. The first kappa shape index (κ1) is 15.0. The molecule has 0 fully saturated rings. The third-order valence-corrected chi connectivity index (χ3v) is 3.11. The normalized spacial score (nSPS) is 11.9. The topological polar surface area (TPSA) is 80.0 Å². The summed E-state index contributed by atoms with van der Waals surface area (Å²) in [7, 11) is 0. The number of nitrogens with zero attached hydrogens (tertiary/aromatic N) is 2. The van der Waals surface area contributed by atoms with Gasteiger partial charge in [-0.1, -0.05) is 42.4 Å². The van der Waals surface area contributed by atoms with Gasteiger partial charge in [-0.05, 0) is 18.9 Å². The summed E-state index contributed by atoms with van der Waals surface area (Å²) in [5.74, 6) is 1.01. The molecule has 2 aromatic rings. The second-order valence-electron chi connectivity index (χ2n) is 4.90. The third kappa shape index (κ3) is 4.91. The van der Waals surface area contributed by atoms with Crippen LogP contribution in [0.2, 0.25) is 0 Å². The van der Waals surface area contributed by atoms with Crippen molar-refractivity contribution >= 4 is 6.03 Å². The van der Waals surface area contributed by atoms with Crippen LogP contribution < -0.4 is 10.6 Å². The van der Waals surface area contributed by atoms with Gasteiger partial charge in [0, 0.05) is 12.5 Å². The van der Waals surface area contributed by atoms with E-state index in [0.717, 1.165) is 12.0 Å². The van der Waals surface area contributed by atoms with Crippen LogP contribution in [0.3, 0.4) is 0 Å². The first-order chi connectivity index (χ1) is 10.2. The summed E-state index contributed by atoms with van der Waals surface area (Å²) in [4.78, 5) is 15.8. The highest BCUT2D eigenvalue weighted by Crippen LogP contribution is 2.06. The molecule has 6 heteroatoms. The van der Waals surface area contributed by atoms with Gasteiger partial charge in [-0.25, -0.2) is 4.79 Å². The number of nitrogens with one attached hydrogen (secondary N) is 2. The van der Waals surface area contributed by atoms with Crippen LogP contribution in [0.15, 0.2) is 34.9 Å². The molecule has 0 bridgehead atoms. The summed E-state index contributed by atoms with van der Waals surface area (Å²) in [6.07, 6.45) is 1.50. The molecule has 2 N–H and O–H groups in total. The maximum atomic E-state index is 11.6. The van der Waals surface area contributed by atoms with Crippen molar-refractivity contribution in [1.29, 1.82) is 0 Å². The highest BCUT2D eigenvalue weighted by molar-refractivity contribution is 5.73. The van der Waals surface area contributed by atoms with Crippen LogP contribution >= 0.6 is 0 Å². The predicted octanol–water partition coefficient (Wildman–Crippen LogP) is 2.26. The lowest BCUT2D eigenvalue weighted by Gasteiger charge is -2.11. The van der Waals surface area contributed by atoms with E-state index in [4.69, 9.17) is 4.52 Å². The van der Waals surface area contributed by atoms with Gasteiger partial charge in [0.1, 0.15) is 0 Å². The van der Waals surface area contributed by atoms with E-state index in [-0.39, 0.29) is 18.6 Å². The van der Waals surface area contributed by atoms with Crippen LogP contribution in [-0.4, -0.2) is 22.2 Å². The van der Waals surface area contributed by atoms with Crippen LogP contribution in [0, 0.1) is 0 Å². The van der Waals surface area contributed by atoms with E-state index in [0.29, 0.717) is 18.1 Å². The largest absolute Gasteiger partial charge is 0.337 e. The second-order valence-corrected chi connectivity index (χ2v) is 4.90. The minimum Gasteiger partial charge on any atom is -0.337 e. The van der Waals surface area contributed by atoms with Crippen molar-refractivity contribution in [1.82, 2.24) is 20.8 Å². The maximum absolute atomic E-state index is 11.6. The molecule has 2 rings (SSSR count). The lowest BCUT2D eigenvalue weighted by molar-refractivity contribution is 0.235. The minimum absolute atomic E-state index is 0.140. The lowest BCUT2D eigenvalue weighted by atomic mass is 10.1. The molecule has 6 nitrogen and oxygen atoms in total. The van der Waals surface area contributed by atoms with Gasteiger partial charge < -0.3 is 15.2 Å². The highest BCUT2D eigenvalue weighted by Gasteiger charge is 2.09. The molecule has 0 radical (unpaired) electrons. The average Bonchev–Trinajstić information content (AvgIpc) is 2.93. The molecule has 2 amide bonds. The Bertz CT molecular complexity index is 568. The number of urea groups is 1. The van der Waals surface area contributed by atoms with Crippen molar-refractivity contribution < 1.29 is 9.32 Å². The smallest absolute Gasteiger partial charge is 0.315 e. The number of hydrogen-bond donors (Lipinski definition) is 2. The number of rotatable bonds is 6. The molecule has 112 valence electrons. The van der Waals surface area contributed by atoms with Crippen LogP contribution in [0.1, 0.15) is 37.5 Å². The lowest BCUT2D eigenvalue weighted by Crippen LogP contribution is -2.40. The van der Waals surface area contributed by atoms with E-state index in [1.165, 1.54) is 0 Å². The molecule has 0 aliphatic rings. The Labute approximate surface area is 123 Å². The molecule has 1 aromatic heterocycles. The molecular weight excluding hydrogens is 268 g/mol. The minimum atomic E-state index is -0.229. The molecule has 0 aliphatic carbocycles. The molecule has 0 saturated heterocycles. The summed E-state index contributed by atoms with van der Waals surface area (Å²) in [6.45, 7) is 4.19. The SMILES string of the molecule is CCC(C)NC(=O)NCc1nc(Cc2ccccc2)no1. The van der Waals surface area contributed by atoms with E-state index in [2.05, 4.69) is 20.8 Å². The fraction of sp³-hybridized carbons (Fsp3) is 0.400. The molecular formula is C15H20N4O2. The molecule has 1 aromatic carbocycles. The van der Waals surface area contributed by atoms with Crippen molar-refractivity contribution in [3.63, 3.8) is 0 Å². The summed E-state index contributed by atoms with van der Waals surface area (Å²) < 4.78 is 5.11. The number of carbonyl (C=O) groups is 1. The van der Waals surface area contributed by atoms with E-state index in [1.807, 2.05) is 44.2 Å². The number of carbonyl (C=O) groups excluding carboxylic acids is 1. The van der Waals surface area contributed by atoms with Gasteiger partial charge in [-0.3, -0.25) is 0 Å². The Kier molecular flexibility index (Phi) is 5.31. The molecule has 1 atom stereocenters. The maximum Gasteiger partial charge on any atom is 0.315 e. The Morgan fingerprint density at radius 1 is 1.33 bits per heavy atom. The van der Waals surface area contributed by atoms with Crippen LogP contribution in [0.4, 0.5) is 4.79 Å². The quantitative estimate of drug-likeness (QED) is 0.854. The molecule has 21 heavy (non-hydrogen) atoms. The second kappa shape index (κ2) is 7.42. The molecule has 1 unspecified atom stereocenters. The molecule has 1 heterocycles. The number of benzene rings is 1. The van der Waals surface area contributed by atoms with Crippen molar-refractivity contribution in [3.05, 3.63) is 47.6 Å². The standard InChI is InChI=1S/C15H20N4O2/c1-3-11(2)17-15(20)16-10-14-18-13(19-21-14)9-12-7-5-4-6-8-12/h4-8,11H,3,9-10H2,1-2H3,(H2,16,17,20). The third-order valence-electron chi connectivity index (χ3n) is 3.11. The van der Waals surface area contributed by atoms with Gasteiger partial charge in [-0.2, -0.15) is 4.98 Å². The average molecular weight is 288 g/mol. The van der Waals surface area contributed by atoms with E-state index in [1.54, 1.807) is 0 Å². The fourth-order valence-corrected chi connectivity index (χ4v) is 1.74. The first-order valence-corrected chi connectivity index (χ1v) is 7.07. The summed E-state index contributed by atoms with van der Waals surface area (Å²) >= 11 is 0. The van der Waals surface area contributed by atoms with Gasteiger partial charge >= 0.3 is 6.03 Å². The number of amides is 2. The van der Waals surface area contributed by atoms with Gasteiger partial charge in [0.15, 0.2) is 5.82 Å². The number of aromatic nitrogens is 2. The molecule has 0 saturated carbocycles. The number of hydrogen-bond acceptors (Lipinski definition) is 4. The van der Waals surface area contributed by atoms with Crippen molar-refractivity contribution in [2.45, 2.75) is 39.3 Å². The zero-order valence-corrected chi connectivity index (χ0v) is 12.3. The summed E-state index contributed by atoms with van der Waals surface area (Å²) in [5, 5.41) is 9.41. The Morgan fingerprint density at radius 3 is 2.81 bits per heavy atom. The van der Waals surface area contributed by atoms with Crippen LogP contribution in [-0.2, 0) is 13.0 Å². The summed E-state index contributed by atoms with van der Waals surface area (Å²) in [5.41, 5.74) is 1.12. The predicted molar refractivity (Wildman–Crippen MR) is 78.7 cm³/mol. The van der Waals surface area contributed by atoms with Gasteiger partial charge in [0.25, 0.3) is 0 Å². The Balaban J connectivity index is 1.82. The van der Waals surface area contributed by atoms with E-state index >= 15 is 0 Å². The highest BCUT2D eigenvalue weighted by atomic mass is 16.5.